The normalized spacial score (nSPS) is 25.1. The Bertz CT molecular complexity index is 134. The van der Waals surface area contributed by atoms with Gasteiger partial charge in [-0.25, -0.2) is 0 Å². The van der Waals surface area contributed by atoms with E-state index in [0.717, 1.165) is 12.8 Å². The summed E-state index contributed by atoms with van der Waals surface area (Å²) in [6.45, 7) is 4.86. The molecule has 66 valence electrons. The first-order chi connectivity index (χ1) is 4.96. The SMILES string of the molecule is CC(C)(O)C1(N)CCOCC1. The average molecular weight is 159 g/mol. The van der Waals surface area contributed by atoms with Crippen LogP contribution in [-0.2, 0) is 4.74 Å². The second-order valence-electron chi connectivity index (χ2n) is 3.83. The first-order valence-corrected chi connectivity index (χ1v) is 4.05. The largest absolute Gasteiger partial charge is 0.389 e. The highest BCUT2D eigenvalue weighted by molar-refractivity contribution is 4.99. The summed E-state index contributed by atoms with van der Waals surface area (Å²) in [5.74, 6) is 0. The molecule has 0 unspecified atom stereocenters. The maximum atomic E-state index is 9.72. The Morgan fingerprint density at radius 2 is 1.82 bits per heavy atom. The van der Waals surface area contributed by atoms with Gasteiger partial charge in [-0.3, -0.25) is 0 Å². The molecule has 1 fully saturated rings. The van der Waals surface area contributed by atoms with Crippen molar-refractivity contribution in [2.45, 2.75) is 37.8 Å². The van der Waals surface area contributed by atoms with Crippen LogP contribution in [0, 0.1) is 0 Å². The van der Waals surface area contributed by atoms with E-state index in [1.54, 1.807) is 13.8 Å². The minimum absolute atomic E-state index is 0.453. The lowest BCUT2D eigenvalue weighted by atomic mass is 9.77. The average Bonchev–Trinajstić information content (AvgIpc) is 1.87. The number of nitrogens with two attached hydrogens (primary N) is 1. The molecule has 0 spiro atoms. The smallest absolute Gasteiger partial charge is 0.0772 e. The predicted octanol–water partition coefficient (Wildman–Crippen LogP) is 0.265. The van der Waals surface area contributed by atoms with Gasteiger partial charge < -0.3 is 15.6 Å². The predicted molar refractivity (Wildman–Crippen MR) is 43.3 cm³/mol. The van der Waals surface area contributed by atoms with Crippen molar-refractivity contribution in [3.8, 4) is 0 Å². The Labute approximate surface area is 67.5 Å². The van der Waals surface area contributed by atoms with Gasteiger partial charge in [0, 0.05) is 18.8 Å². The maximum Gasteiger partial charge on any atom is 0.0772 e. The quantitative estimate of drug-likeness (QED) is 0.577. The second kappa shape index (κ2) is 2.73. The monoisotopic (exact) mass is 159 g/mol. The minimum atomic E-state index is -0.795. The van der Waals surface area contributed by atoms with Crippen molar-refractivity contribution >= 4 is 0 Å². The summed E-state index contributed by atoms with van der Waals surface area (Å²) < 4.78 is 5.17. The first kappa shape index (κ1) is 8.97. The summed E-state index contributed by atoms with van der Waals surface area (Å²) in [5, 5.41) is 9.72. The van der Waals surface area contributed by atoms with Gasteiger partial charge in [-0.1, -0.05) is 0 Å². The molecule has 0 aliphatic carbocycles. The highest BCUT2D eigenvalue weighted by Crippen LogP contribution is 2.28. The van der Waals surface area contributed by atoms with E-state index in [4.69, 9.17) is 10.5 Å². The fraction of sp³-hybridized carbons (Fsp3) is 1.00. The van der Waals surface area contributed by atoms with Crippen LogP contribution in [0.3, 0.4) is 0 Å². The van der Waals surface area contributed by atoms with Crippen molar-refractivity contribution in [1.29, 1.82) is 0 Å². The molecule has 0 saturated carbocycles. The van der Waals surface area contributed by atoms with Crippen molar-refractivity contribution in [2.75, 3.05) is 13.2 Å². The zero-order valence-corrected chi connectivity index (χ0v) is 7.26. The lowest BCUT2D eigenvalue weighted by Gasteiger charge is -2.42. The molecule has 0 aromatic rings. The number of hydrogen-bond acceptors (Lipinski definition) is 3. The van der Waals surface area contributed by atoms with E-state index < -0.39 is 11.1 Å². The summed E-state index contributed by atoms with van der Waals surface area (Å²) in [6.07, 6.45) is 1.49. The van der Waals surface area contributed by atoms with Crippen LogP contribution in [0.1, 0.15) is 26.7 Å². The Morgan fingerprint density at radius 1 is 1.36 bits per heavy atom. The molecule has 0 aromatic heterocycles. The highest BCUT2D eigenvalue weighted by Gasteiger charge is 2.41. The summed E-state index contributed by atoms with van der Waals surface area (Å²) in [7, 11) is 0. The number of ether oxygens (including phenoxy) is 1. The molecule has 0 aromatic carbocycles. The molecule has 1 heterocycles. The Kier molecular flexibility index (Phi) is 2.23. The molecule has 0 bridgehead atoms. The standard InChI is InChI=1S/C8H17NO2/c1-7(2,10)8(9)3-5-11-6-4-8/h10H,3-6,9H2,1-2H3. The molecule has 1 rings (SSSR count). The highest BCUT2D eigenvalue weighted by atomic mass is 16.5. The molecule has 1 aliphatic rings. The van der Waals surface area contributed by atoms with Crippen LogP contribution < -0.4 is 5.73 Å². The fourth-order valence-corrected chi connectivity index (χ4v) is 1.35. The van der Waals surface area contributed by atoms with Crippen LogP contribution in [-0.4, -0.2) is 29.5 Å². The van der Waals surface area contributed by atoms with Crippen molar-refractivity contribution in [2.24, 2.45) is 5.73 Å². The van der Waals surface area contributed by atoms with Crippen LogP contribution in [0.4, 0.5) is 0 Å². The zero-order chi connectivity index (χ0) is 8.54. The van der Waals surface area contributed by atoms with Gasteiger partial charge in [0.05, 0.1) is 5.60 Å². The van der Waals surface area contributed by atoms with Gasteiger partial charge in [-0.05, 0) is 26.7 Å². The minimum Gasteiger partial charge on any atom is -0.389 e. The number of rotatable bonds is 1. The lowest BCUT2D eigenvalue weighted by molar-refractivity contribution is -0.0600. The topological polar surface area (TPSA) is 55.5 Å². The second-order valence-corrected chi connectivity index (χ2v) is 3.83. The molecule has 0 atom stereocenters. The van der Waals surface area contributed by atoms with Gasteiger partial charge >= 0.3 is 0 Å². The first-order valence-electron chi connectivity index (χ1n) is 4.05. The van der Waals surface area contributed by atoms with Crippen LogP contribution in [0.2, 0.25) is 0 Å². The van der Waals surface area contributed by atoms with Crippen molar-refractivity contribution in [1.82, 2.24) is 0 Å². The summed E-state index contributed by atoms with van der Waals surface area (Å²) in [4.78, 5) is 0. The molecule has 3 nitrogen and oxygen atoms in total. The molecular weight excluding hydrogens is 142 g/mol. The third kappa shape index (κ3) is 1.72. The molecule has 3 heteroatoms. The van der Waals surface area contributed by atoms with E-state index in [9.17, 15) is 5.11 Å². The molecular formula is C8H17NO2. The Hall–Kier alpha value is -0.120. The Balaban J connectivity index is 2.64. The van der Waals surface area contributed by atoms with Gasteiger partial charge in [0.2, 0.25) is 0 Å². The van der Waals surface area contributed by atoms with Gasteiger partial charge in [0.15, 0.2) is 0 Å². The molecule has 11 heavy (non-hydrogen) atoms. The lowest BCUT2D eigenvalue weighted by Crippen LogP contribution is -2.60. The van der Waals surface area contributed by atoms with Crippen molar-refractivity contribution in [3.05, 3.63) is 0 Å². The Morgan fingerprint density at radius 3 is 2.09 bits per heavy atom. The van der Waals surface area contributed by atoms with Crippen molar-refractivity contribution < 1.29 is 9.84 Å². The molecule has 0 amide bonds. The van der Waals surface area contributed by atoms with Crippen LogP contribution in [0.5, 0.6) is 0 Å². The van der Waals surface area contributed by atoms with Gasteiger partial charge in [-0.15, -0.1) is 0 Å². The van der Waals surface area contributed by atoms with Crippen LogP contribution in [0.25, 0.3) is 0 Å². The zero-order valence-electron chi connectivity index (χ0n) is 7.26. The third-order valence-electron chi connectivity index (χ3n) is 2.60. The van der Waals surface area contributed by atoms with Crippen LogP contribution in [0.15, 0.2) is 0 Å². The van der Waals surface area contributed by atoms with E-state index in [1.165, 1.54) is 0 Å². The summed E-state index contributed by atoms with van der Waals surface area (Å²) in [5.41, 5.74) is 4.76. The summed E-state index contributed by atoms with van der Waals surface area (Å²) in [6, 6.07) is 0. The van der Waals surface area contributed by atoms with E-state index in [1.807, 2.05) is 0 Å². The fourth-order valence-electron chi connectivity index (χ4n) is 1.35. The van der Waals surface area contributed by atoms with Gasteiger partial charge in [-0.2, -0.15) is 0 Å². The summed E-state index contributed by atoms with van der Waals surface area (Å²) >= 11 is 0. The number of aliphatic hydroxyl groups is 1. The van der Waals surface area contributed by atoms with E-state index in [2.05, 4.69) is 0 Å². The molecule has 0 radical (unpaired) electrons. The van der Waals surface area contributed by atoms with Gasteiger partial charge in [0.25, 0.3) is 0 Å². The van der Waals surface area contributed by atoms with Gasteiger partial charge in [0.1, 0.15) is 0 Å². The molecule has 1 aliphatic heterocycles. The van der Waals surface area contributed by atoms with Crippen LogP contribution >= 0.6 is 0 Å². The molecule has 1 saturated heterocycles. The molecule has 3 N–H and O–H groups in total. The van der Waals surface area contributed by atoms with E-state index in [-0.39, 0.29) is 0 Å². The van der Waals surface area contributed by atoms with E-state index >= 15 is 0 Å². The number of hydrogen-bond donors (Lipinski definition) is 2. The van der Waals surface area contributed by atoms with E-state index in [0.29, 0.717) is 13.2 Å². The van der Waals surface area contributed by atoms with Crippen molar-refractivity contribution in [3.63, 3.8) is 0 Å². The maximum absolute atomic E-state index is 9.72. The third-order valence-corrected chi connectivity index (χ3v) is 2.60.